The van der Waals surface area contributed by atoms with Gasteiger partial charge in [-0.3, -0.25) is 15.0 Å². The molecule has 0 heterocycles. The van der Waals surface area contributed by atoms with Crippen LogP contribution in [-0.4, -0.2) is 18.8 Å². The van der Waals surface area contributed by atoms with E-state index in [9.17, 15) is 9.59 Å². The zero-order valence-corrected chi connectivity index (χ0v) is 10.9. The van der Waals surface area contributed by atoms with Gasteiger partial charge in [-0.1, -0.05) is 30.3 Å². The Morgan fingerprint density at radius 3 is 2.40 bits per heavy atom. The number of nitrogen functional groups attached to an aromatic ring is 1. The molecule has 102 valence electrons. The summed E-state index contributed by atoms with van der Waals surface area (Å²) in [5.41, 5.74) is 3.01. The third-order valence-electron chi connectivity index (χ3n) is 2.88. The summed E-state index contributed by atoms with van der Waals surface area (Å²) in [5, 5.41) is 0. The quantitative estimate of drug-likeness (QED) is 0.382. The minimum Gasteiger partial charge on any atom is -0.497 e. The molecule has 5 heteroatoms. The van der Waals surface area contributed by atoms with Gasteiger partial charge in [0, 0.05) is 11.1 Å². The Balaban J connectivity index is 2.45. The molecule has 0 saturated carbocycles. The van der Waals surface area contributed by atoms with Crippen molar-refractivity contribution < 1.29 is 14.3 Å². The van der Waals surface area contributed by atoms with Crippen molar-refractivity contribution in [2.75, 3.05) is 7.11 Å². The number of benzene rings is 2. The smallest absolute Gasteiger partial charge is 0.265 e. The van der Waals surface area contributed by atoms with Gasteiger partial charge in [-0.15, -0.1) is 0 Å². The number of nitrogens with two attached hydrogens (primary N) is 1. The molecule has 0 spiro atoms. The second-order valence-corrected chi connectivity index (χ2v) is 4.08. The Kier molecular flexibility index (Phi) is 4.12. The number of carbonyl (C=O) groups is 2. The van der Waals surface area contributed by atoms with Crippen molar-refractivity contribution in [3.63, 3.8) is 0 Å². The fraction of sp³-hybridized carbons (Fsp3) is 0.0667. The van der Waals surface area contributed by atoms with Crippen molar-refractivity contribution >= 4 is 11.7 Å². The first kappa shape index (κ1) is 13.8. The molecule has 0 aromatic heterocycles. The van der Waals surface area contributed by atoms with Crippen molar-refractivity contribution in [2.45, 2.75) is 0 Å². The van der Waals surface area contributed by atoms with E-state index in [1.807, 2.05) is 5.43 Å². The molecule has 0 unspecified atom stereocenters. The van der Waals surface area contributed by atoms with E-state index in [4.69, 9.17) is 10.6 Å². The minimum atomic E-state index is -0.503. The van der Waals surface area contributed by atoms with Crippen molar-refractivity contribution in [1.29, 1.82) is 0 Å². The van der Waals surface area contributed by atoms with Crippen LogP contribution in [0.15, 0.2) is 48.5 Å². The van der Waals surface area contributed by atoms with Crippen LogP contribution in [0.3, 0.4) is 0 Å². The van der Waals surface area contributed by atoms with Crippen LogP contribution in [-0.2, 0) is 0 Å². The SMILES string of the molecule is COc1cccc(C(=O)c2ccccc2C(=O)NN)c1. The number of amides is 1. The van der Waals surface area contributed by atoms with E-state index >= 15 is 0 Å². The molecule has 0 atom stereocenters. The largest absolute Gasteiger partial charge is 0.497 e. The van der Waals surface area contributed by atoms with Gasteiger partial charge in [-0.2, -0.15) is 0 Å². The monoisotopic (exact) mass is 270 g/mol. The van der Waals surface area contributed by atoms with E-state index < -0.39 is 5.91 Å². The number of hydrogen-bond donors (Lipinski definition) is 2. The molecule has 0 bridgehead atoms. The van der Waals surface area contributed by atoms with E-state index in [0.717, 1.165) is 0 Å². The fourth-order valence-corrected chi connectivity index (χ4v) is 1.88. The molecule has 5 nitrogen and oxygen atoms in total. The number of hydrogen-bond acceptors (Lipinski definition) is 4. The molecule has 0 fully saturated rings. The van der Waals surface area contributed by atoms with Crippen LogP contribution in [0, 0.1) is 0 Å². The zero-order valence-electron chi connectivity index (χ0n) is 10.9. The van der Waals surface area contributed by atoms with Crippen molar-refractivity contribution in [1.82, 2.24) is 5.43 Å². The zero-order chi connectivity index (χ0) is 14.5. The van der Waals surface area contributed by atoms with E-state index in [0.29, 0.717) is 16.9 Å². The highest BCUT2D eigenvalue weighted by Crippen LogP contribution is 2.18. The molecule has 0 aliphatic carbocycles. The van der Waals surface area contributed by atoms with Crippen LogP contribution in [0.4, 0.5) is 0 Å². The summed E-state index contributed by atoms with van der Waals surface area (Å²) < 4.78 is 5.09. The molecular formula is C15H14N2O3. The molecule has 0 radical (unpaired) electrons. The molecule has 0 aliphatic heterocycles. The van der Waals surface area contributed by atoms with Crippen LogP contribution in [0.2, 0.25) is 0 Å². The second kappa shape index (κ2) is 5.99. The van der Waals surface area contributed by atoms with Gasteiger partial charge in [-0.05, 0) is 18.2 Å². The number of methoxy groups -OCH3 is 1. The molecule has 2 aromatic carbocycles. The van der Waals surface area contributed by atoms with Gasteiger partial charge in [0.05, 0.1) is 12.7 Å². The summed E-state index contributed by atoms with van der Waals surface area (Å²) in [5.74, 6) is 4.94. The molecular weight excluding hydrogens is 256 g/mol. The topological polar surface area (TPSA) is 81.4 Å². The van der Waals surface area contributed by atoms with Gasteiger partial charge < -0.3 is 4.74 Å². The number of hydrazine groups is 1. The molecule has 20 heavy (non-hydrogen) atoms. The molecule has 2 aromatic rings. The maximum absolute atomic E-state index is 12.5. The van der Waals surface area contributed by atoms with Gasteiger partial charge in [-0.25, -0.2) is 5.84 Å². The molecule has 3 N–H and O–H groups in total. The summed E-state index contributed by atoms with van der Waals surface area (Å²) in [6.07, 6.45) is 0. The second-order valence-electron chi connectivity index (χ2n) is 4.08. The third-order valence-corrected chi connectivity index (χ3v) is 2.88. The van der Waals surface area contributed by atoms with Gasteiger partial charge in [0.2, 0.25) is 0 Å². The van der Waals surface area contributed by atoms with Crippen LogP contribution in [0.25, 0.3) is 0 Å². The normalized spacial score (nSPS) is 9.90. The van der Waals surface area contributed by atoms with Crippen LogP contribution >= 0.6 is 0 Å². The predicted octanol–water partition coefficient (Wildman–Crippen LogP) is 1.53. The summed E-state index contributed by atoms with van der Waals surface area (Å²) in [6, 6.07) is 13.3. The Hall–Kier alpha value is -2.66. The number of rotatable bonds is 4. The first-order valence-electron chi connectivity index (χ1n) is 5.96. The number of nitrogens with one attached hydrogen (secondary N) is 1. The third kappa shape index (κ3) is 2.67. The first-order valence-corrected chi connectivity index (χ1v) is 5.96. The maximum Gasteiger partial charge on any atom is 0.265 e. The van der Waals surface area contributed by atoms with Crippen LogP contribution < -0.4 is 16.0 Å². The van der Waals surface area contributed by atoms with Crippen LogP contribution in [0.5, 0.6) is 5.75 Å². The number of carbonyl (C=O) groups excluding carboxylic acids is 2. The van der Waals surface area contributed by atoms with Gasteiger partial charge >= 0.3 is 0 Å². The average Bonchev–Trinajstić information content (AvgIpc) is 2.53. The standard InChI is InChI=1S/C15H14N2O3/c1-20-11-6-4-5-10(9-11)14(18)12-7-2-3-8-13(12)15(19)17-16/h2-9H,16H2,1H3,(H,17,19). The lowest BCUT2D eigenvalue weighted by atomic mass is 9.98. The van der Waals surface area contributed by atoms with Gasteiger partial charge in [0.15, 0.2) is 5.78 Å². The van der Waals surface area contributed by atoms with Crippen molar-refractivity contribution in [3.8, 4) is 5.75 Å². The lowest BCUT2D eigenvalue weighted by molar-refractivity contribution is 0.0942. The highest BCUT2D eigenvalue weighted by molar-refractivity contribution is 6.15. The van der Waals surface area contributed by atoms with Gasteiger partial charge in [0.1, 0.15) is 5.75 Å². The highest BCUT2D eigenvalue weighted by atomic mass is 16.5. The first-order chi connectivity index (χ1) is 9.67. The molecule has 1 amide bonds. The molecule has 2 rings (SSSR count). The summed E-state index contributed by atoms with van der Waals surface area (Å²) in [4.78, 5) is 24.2. The Bertz CT molecular complexity index is 653. The van der Waals surface area contributed by atoms with Crippen LogP contribution in [0.1, 0.15) is 26.3 Å². The van der Waals surface area contributed by atoms with Crippen molar-refractivity contribution in [3.05, 3.63) is 65.2 Å². The summed E-state index contributed by atoms with van der Waals surface area (Å²) >= 11 is 0. The lowest BCUT2D eigenvalue weighted by Crippen LogP contribution is -2.31. The maximum atomic E-state index is 12.5. The predicted molar refractivity (Wildman–Crippen MR) is 74.5 cm³/mol. The summed E-state index contributed by atoms with van der Waals surface area (Å²) in [7, 11) is 1.53. The number of ether oxygens (including phenoxy) is 1. The van der Waals surface area contributed by atoms with Gasteiger partial charge in [0.25, 0.3) is 5.91 Å². The number of ketones is 1. The van der Waals surface area contributed by atoms with Crippen molar-refractivity contribution in [2.24, 2.45) is 5.84 Å². The van der Waals surface area contributed by atoms with E-state index in [1.165, 1.54) is 7.11 Å². The molecule has 0 saturated heterocycles. The summed E-state index contributed by atoms with van der Waals surface area (Å²) in [6.45, 7) is 0. The molecule has 0 aliphatic rings. The lowest BCUT2D eigenvalue weighted by Gasteiger charge is -2.08. The van der Waals surface area contributed by atoms with E-state index in [-0.39, 0.29) is 11.3 Å². The van der Waals surface area contributed by atoms with E-state index in [1.54, 1.807) is 48.5 Å². The fourth-order valence-electron chi connectivity index (χ4n) is 1.88. The van der Waals surface area contributed by atoms with E-state index in [2.05, 4.69) is 0 Å². The Labute approximate surface area is 116 Å². The Morgan fingerprint density at radius 2 is 1.75 bits per heavy atom. The minimum absolute atomic E-state index is 0.239. The Morgan fingerprint density at radius 1 is 1.05 bits per heavy atom. The average molecular weight is 270 g/mol. The highest BCUT2D eigenvalue weighted by Gasteiger charge is 2.17.